The normalized spacial score (nSPS) is 11.8. The summed E-state index contributed by atoms with van der Waals surface area (Å²) in [7, 11) is 0. The molecule has 0 fully saturated rings. The monoisotopic (exact) mass is 315 g/mol. The molecule has 1 atom stereocenters. The molecule has 0 saturated carbocycles. The van der Waals surface area contributed by atoms with Crippen LogP contribution in [0.25, 0.3) is 0 Å². The van der Waals surface area contributed by atoms with Gasteiger partial charge in [-0.15, -0.1) is 0 Å². The summed E-state index contributed by atoms with van der Waals surface area (Å²) in [5.74, 6) is 0.464. The fraction of sp³-hybridized carbons (Fsp3) is 0.600. The molecule has 0 aromatic rings. The number of hydrogen-bond acceptors (Lipinski definition) is 6. The van der Waals surface area contributed by atoms with Crippen LogP contribution in [0.15, 0.2) is 25.3 Å². The zero-order valence-corrected chi connectivity index (χ0v) is 13.7. The number of carbonyl (C=O) groups excluding carboxylic acids is 2. The molecule has 0 rings (SSSR count). The second kappa shape index (κ2) is 12.5. The van der Waals surface area contributed by atoms with Crippen molar-refractivity contribution in [2.45, 2.75) is 20.0 Å². The predicted molar refractivity (Wildman–Crippen MR) is 86.3 cm³/mol. The van der Waals surface area contributed by atoms with Crippen molar-refractivity contribution in [3.8, 4) is 0 Å². The number of nitrogens with zero attached hydrogens (tertiary/aromatic N) is 1. The molecule has 0 spiro atoms. The van der Waals surface area contributed by atoms with Crippen LogP contribution >= 0.6 is 11.8 Å². The van der Waals surface area contributed by atoms with Gasteiger partial charge in [-0.2, -0.15) is 11.8 Å². The maximum absolute atomic E-state index is 11.3. The van der Waals surface area contributed by atoms with E-state index in [9.17, 15) is 9.59 Å². The second-order valence-corrected chi connectivity index (χ2v) is 5.35. The standard InChI is InChI=1S/C15H25NO4S/c1-5-14(17)19-11-13(20-15(18)6-2)12-21-10-9-16(7-3)8-4/h5-6,13H,1-2,7-12H2,3-4H3. The molecule has 5 nitrogen and oxygen atoms in total. The lowest BCUT2D eigenvalue weighted by Gasteiger charge is -2.19. The lowest BCUT2D eigenvalue weighted by atomic mass is 10.4. The fourth-order valence-corrected chi connectivity index (χ4v) is 2.49. The van der Waals surface area contributed by atoms with Gasteiger partial charge >= 0.3 is 11.9 Å². The van der Waals surface area contributed by atoms with Crippen molar-refractivity contribution < 1.29 is 19.1 Å². The molecular formula is C15H25NO4S. The minimum Gasteiger partial charge on any atom is -0.459 e. The molecule has 0 aliphatic heterocycles. The Morgan fingerprint density at radius 1 is 1.19 bits per heavy atom. The minimum absolute atomic E-state index is 0.0305. The summed E-state index contributed by atoms with van der Waals surface area (Å²) in [4.78, 5) is 24.6. The first-order valence-corrected chi connectivity index (χ1v) is 8.15. The van der Waals surface area contributed by atoms with Crippen LogP contribution in [0.5, 0.6) is 0 Å². The van der Waals surface area contributed by atoms with Crippen LogP contribution in [0.3, 0.4) is 0 Å². The Hall–Kier alpha value is -1.27. The van der Waals surface area contributed by atoms with E-state index >= 15 is 0 Å². The third-order valence-electron chi connectivity index (χ3n) is 2.78. The molecule has 0 bridgehead atoms. The maximum atomic E-state index is 11.3. The van der Waals surface area contributed by atoms with Crippen molar-refractivity contribution >= 4 is 23.7 Å². The number of carbonyl (C=O) groups is 2. The zero-order chi connectivity index (χ0) is 16.1. The number of thioether (sulfide) groups is 1. The summed E-state index contributed by atoms with van der Waals surface area (Å²) in [5.41, 5.74) is 0. The van der Waals surface area contributed by atoms with Crippen molar-refractivity contribution in [2.24, 2.45) is 0 Å². The van der Waals surface area contributed by atoms with Gasteiger partial charge in [-0.05, 0) is 13.1 Å². The van der Waals surface area contributed by atoms with Crippen LogP contribution in [-0.2, 0) is 19.1 Å². The Labute approximate surface area is 131 Å². The first kappa shape index (κ1) is 19.7. The lowest BCUT2D eigenvalue weighted by Crippen LogP contribution is -2.28. The highest BCUT2D eigenvalue weighted by atomic mass is 32.2. The van der Waals surface area contributed by atoms with Crippen molar-refractivity contribution in [1.82, 2.24) is 4.90 Å². The van der Waals surface area contributed by atoms with Crippen LogP contribution in [0.2, 0.25) is 0 Å². The van der Waals surface area contributed by atoms with Crippen molar-refractivity contribution in [3.63, 3.8) is 0 Å². The Morgan fingerprint density at radius 2 is 1.81 bits per heavy atom. The van der Waals surface area contributed by atoms with E-state index in [1.165, 1.54) is 0 Å². The smallest absolute Gasteiger partial charge is 0.330 e. The fourth-order valence-electron chi connectivity index (χ4n) is 1.51. The van der Waals surface area contributed by atoms with E-state index in [1.807, 2.05) is 0 Å². The van der Waals surface area contributed by atoms with Crippen LogP contribution in [-0.4, -0.2) is 60.7 Å². The summed E-state index contributed by atoms with van der Waals surface area (Å²) in [6.07, 6.45) is 1.71. The average molecular weight is 315 g/mol. The van der Waals surface area contributed by atoms with Gasteiger partial charge in [-0.1, -0.05) is 27.0 Å². The van der Waals surface area contributed by atoms with Crippen molar-refractivity contribution in [3.05, 3.63) is 25.3 Å². The van der Waals surface area contributed by atoms with E-state index in [-0.39, 0.29) is 6.61 Å². The largest absolute Gasteiger partial charge is 0.459 e. The first-order chi connectivity index (χ1) is 10.1. The Kier molecular flexibility index (Phi) is 11.7. The minimum atomic E-state index is -0.525. The Balaban J connectivity index is 4.14. The summed E-state index contributed by atoms with van der Waals surface area (Å²) in [6.45, 7) is 14.0. The molecule has 0 N–H and O–H groups in total. The molecule has 1 unspecified atom stereocenters. The highest BCUT2D eigenvalue weighted by Gasteiger charge is 2.15. The van der Waals surface area contributed by atoms with Gasteiger partial charge in [0.1, 0.15) is 12.7 Å². The number of rotatable bonds is 12. The summed E-state index contributed by atoms with van der Waals surface area (Å²) >= 11 is 1.66. The second-order valence-electron chi connectivity index (χ2n) is 4.20. The van der Waals surface area contributed by atoms with Gasteiger partial charge in [-0.3, -0.25) is 0 Å². The summed E-state index contributed by atoms with van der Waals surface area (Å²) < 4.78 is 10.1. The van der Waals surface area contributed by atoms with Crippen LogP contribution in [0.4, 0.5) is 0 Å². The van der Waals surface area contributed by atoms with Gasteiger partial charge < -0.3 is 14.4 Å². The van der Waals surface area contributed by atoms with Gasteiger partial charge in [0.2, 0.25) is 0 Å². The summed E-state index contributed by atoms with van der Waals surface area (Å²) in [6, 6.07) is 0. The third kappa shape index (κ3) is 10.1. The van der Waals surface area contributed by atoms with E-state index in [0.717, 1.165) is 37.5 Å². The molecule has 0 aliphatic carbocycles. The molecule has 0 aromatic heterocycles. The van der Waals surface area contributed by atoms with E-state index < -0.39 is 18.0 Å². The van der Waals surface area contributed by atoms with E-state index in [1.54, 1.807) is 11.8 Å². The molecule has 21 heavy (non-hydrogen) atoms. The third-order valence-corrected chi connectivity index (χ3v) is 3.86. The van der Waals surface area contributed by atoms with Crippen LogP contribution in [0, 0.1) is 0 Å². The van der Waals surface area contributed by atoms with Crippen LogP contribution in [0.1, 0.15) is 13.8 Å². The Bertz CT molecular complexity index is 343. The predicted octanol–water partition coefficient (Wildman–Crippen LogP) is 1.89. The Morgan fingerprint density at radius 3 is 2.33 bits per heavy atom. The molecule has 6 heteroatoms. The molecule has 0 amide bonds. The highest BCUT2D eigenvalue weighted by Crippen LogP contribution is 2.08. The van der Waals surface area contributed by atoms with E-state index in [2.05, 4.69) is 31.9 Å². The first-order valence-electron chi connectivity index (χ1n) is 6.99. The van der Waals surface area contributed by atoms with E-state index in [0.29, 0.717) is 5.75 Å². The molecule has 0 aromatic carbocycles. The van der Waals surface area contributed by atoms with E-state index in [4.69, 9.17) is 9.47 Å². The molecule has 0 saturated heterocycles. The molecule has 120 valence electrons. The number of hydrogen-bond donors (Lipinski definition) is 0. The molecule has 0 radical (unpaired) electrons. The van der Waals surface area contributed by atoms with Crippen molar-refractivity contribution in [2.75, 3.05) is 37.7 Å². The topological polar surface area (TPSA) is 55.8 Å². The van der Waals surface area contributed by atoms with Crippen molar-refractivity contribution in [1.29, 1.82) is 0 Å². The number of ether oxygens (including phenoxy) is 2. The van der Waals surface area contributed by atoms with Gasteiger partial charge in [0.15, 0.2) is 0 Å². The quantitative estimate of drug-likeness (QED) is 0.311. The van der Waals surface area contributed by atoms with Gasteiger partial charge in [0.25, 0.3) is 0 Å². The maximum Gasteiger partial charge on any atom is 0.330 e. The molecule has 0 heterocycles. The average Bonchev–Trinajstić information content (AvgIpc) is 2.51. The van der Waals surface area contributed by atoms with Gasteiger partial charge in [-0.25, -0.2) is 9.59 Å². The molecule has 0 aliphatic rings. The summed E-state index contributed by atoms with van der Waals surface area (Å²) in [5, 5.41) is 0. The highest BCUT2D eigenvalue weighted by molar-refractivity contribution is 7.99. The van der Waals surface area contributed by atoms with Gasteiger partial charge in [0.05, 0.1) is 0 Å². The van der Waals surface area contributed by atoms with Crippen LogP contribution < -0.4 is 0 Å². The number of esters is 2. The molecular weight excluding hydrogens is 290 g/mol. The van der Waals surface area contributed by atoms with Gasteiger partial charge in [0, 0.05) is 30.2 Å². The lowest BCUT2D eigenvalue weighted by molar-refractivity contribution is -0.151. The zero-order valence-electron chi connectivity index (χ0n) is 12.9. The SMILES string of the molecule is C=CC(=O)OCC(CSCCN(CC)CC)OC(=O)C=C.